The molecule has 4 atom stereocenters. The van der Waals surface area contributed by atoms with Crippen LogP contribution >= 0.6 is 0 Å². The van der Waals surface area contributed by atoms with E-state index in [4.69, 9.17) is 16.2 Å². The molecule has 1 fully saturated rings. The number of amides is 2. The first kappa shape index (κ1) is 26.8. The quantitative estimate of drug-likeness (QED) is 0.167. The van der Waals surface area contributed by atoms with Crippen LogP contribution in [0, 0.1) is 0 Å². The molecule has 1 saturated heterocycles. The highest BCUT2D eigenvalue weighted by Crippen LogP contribution is 2.43. The lowest BCUT2D eigenvalue weighted by Crippen LogP contribution is -2.90. The number of rotatable bonds is 5. The molecule has 10 N–H and O–H groups in total. The van der Waals surface area contributed by atoms with Gasteiger partial charge in [0.15, 0.2) is 12.0 Å². The van der Waals surface area contributed by atoms with Gasteiger partial charge in [0.05, 0.1) is 18.7 Å². The van der Waals surface area contributed by atoms with Gasteiger partial charge in [-0.2, -0.15) is 0 Å². The van der Waals surface area contributed by atoms with Gasteiger partial charge in [0, 0.05) is 18.3 Å². The summed E-state index contributed by atoms with van der Waals surface area (Å²) in [5.74, 6) is -2.99. The maximum Gasteiger partial charge on any atom is 0.343 e. The van der Waals surface area contributed by atoms with Crippen LogP contribution in [0.4, 0.5) is 0 Å². The summed E-state index contributed by atoms with van der Waals surface area (Å²) < 4.78 is 5.90. The predicted octanol–water partition coefficient (Wildman–Crippen LogP) is -3.57. The van der Waals surface area contributed by atoms with Crippen LogP contribution in [0.5, 0.6) is 5.75 Å². The van der Waals surface area contributed by atoms with Crippen LogP contribution in [0.2, 0.25) is 0 Å². The Balaban J connectivity index is 1.27. The van der Waals surface area contributed by atoms with Gasteiger partial charge in [-0.3, -0.25) is 30.2 Å². The number of carbonyl (C=O) groups excluding carboxylic acids is 2. The van der Waals surface area contributed by atoms with E-state index in [1.165, 1.54) is 11.1 Å². The van der Waals surface area contributed by atoms with Gasteiger partial charge in [-0.05, 0) is 30.0 Å². The molecule has 5 heterocycles. The van der Waals surface area contributed by atoms with E-state index in [0.29, 0.717) is 17.9 Å². The van der Waals surface area contributed by atoms with Gasteiger partial charge in [-0.25, -0.2) is 10.3 Å². The molecule has 14 heteroatoms. The average molecular weight is 565 g/mol. The van der Waals surface area contributed by atoms with Crippen molar-refractivity contribution in [3.8, 4) is 5.75 Å². The molecular formula is C27H34N9O5+. The molecule has 41 heavy (non-hydrogen) atoms. The van der Waals surface area contributed by atoms with Gasteiger partial charge in [-0.15, -0.1) is 0 Å². The minimum absolute atomic E-state index is 0.00525. The number of aromatic nitrogens is 1. The van der Waals surface area contributed by atoms with Crippen LogP contribution < -0.4 is 37.1 Å². The van der Waals surface area contributed by atoms with Gasteiger partial charge in [0.1, 0.15) is 23.5 Å². The lowest BCUT2D eigenvalue weighted by Gasteiger charge is -2.46. The predicted molar refractivity (Wildman–Crippen MR) is 147 cm³/mol. The second-order valence-electron chi connectivity index (χ2n) is 11.4. The van der Waals surface area contributed by atoms with Crippen molar-refractivity contribution in [1.29, 1.82) is 0 Å². The van der Waals surface area contributed by atoms with Crippen molar-refractivity contribution < 1.29 is 29.5 Å². The Hall–Kier alpha value is -4.43. The topological polar surface area (TPSA) is 214 Å². The average Bonchev–Trinajstić information content (AvgIpc) is 3.41. The van der Waals surface area contributed by atoms with E-state index in [0.717, 1.165) is 12.0 Å². The summed E-state index contributed by atoms with van der Waals surface area (Å²) in [6, 6.07) is 7.53. The molecule has 1 unspecified atom stereocenters. The largest absolute Gasteiger partial charge is 0.492 e. The first-order valence-electron chi connectivity index (χ1n) is 13.4. The number of carbonyl (C=O) groups is 2. The summed E-state index contributed by atoms with van der Waals surface area (Å²) in [6.07, 6.45) is 2.31. The smallest absolute Gasteiger partial charge is 0.343 e. The molecule has 1 aromatic carbocycles. The van der Waals surface area contributed by atoms with Gasteiger partial charge in [0.2, 0.25) is 5.79 Å². The Kier molecular flexibility index (Phi) is 6.08. The first-order chi connectivity index (χ1) is 19.5. The molecule has 0 saturated carbocycles. The van der Waals surface area contributed by atoms with Crippen molar-refractivity contribution in [2.24, 2.45) is 16.5 Å². The van der Waals surface area contributed by atoms with Crippen LogP contribution in [0.3, 0.4) is 0 Å². The number of guanidine groups is 2. The number of nitrogens with zero attached hydrogens (tertiary/aromatic N) is 3. The number of nitrogens with two attached hydrogens (primary N) is 2. The molecule has 216 valence electrons. The number of fused-ring (bicyclic) bond motifs is 1. The zero-order valence-corrected chi connectivity index (χ0v) is 22.7. The lowest BCUT2D eigenvalue weighted by atomic mass is 9.79. The van der Waals surface area contributed by atoms with E-state index >= 15 is 0 Å². The van der Waals surface area contributed by atoms with Crippen molar-refractivity contribution in [3.05, 3.63) is 59.4 Å². The Morgan fingerprint density at radius 1 is 1.20 bits per heavy atom. The zero-order valence-electron chi connectivity index (χ0n) is 22.7. The summed E-state index contributed by atoms with van der Waals surface area (Å²) >= 11 is 0. The fourth-order valence-corrected chi connectivity index (χ4v) is 6.31. The standard InChI is InChI=1S/C27H33N9O5/c1-25(2)9-11-41-19-14(6-5-7-15(19)25)21(37)33-18-13-36-24(29)32-17(12-31-22(38)16-8-3-4-10-30-16)20-26(36,27(18,39)40)35-23(28)34-20/h3-8,10,17-18,20,39-40H,9,11-13H2,1-2H3,(H2,29,32)(H,31,38)(H,33,37)(H3,28,34,35)/p+1/t17-,18?,20-,26-/m0/s1. The summed E-state index contributed by atoms with van der Waals surface area (Å²) in [4.78, 5) is 39.3. The highest BCUT2D eigenvalue weighted by atomic mass is 16.5. The van der Waals surface area contributed by atoms with Gasteiger partial charge in [-0.1, -0.05) is 32.0 Å². The number of hydrogen-bond acceptors (Lipinski definition) is 11. The maximum atomic E-state index is 13.6. The van der Waals surface area contributed by atoms with E-state index in [9.17, 15) is 19.8 Å². The highest BCUT2D eigenvalue weighted by molar-refractivity contribution is 5.98. The van der Waals surface area contributed by atoms with Crippen LogP contribution in [0.1, 0.15) is 46.7 Å². The molecule has 1 spiro atoms. The Bertz CT molecular complexity index is 1460. The molecule has 0 aliphatic carbocycles. The summed E-state index contributed by atoms with van der Waals surface area (Å²) in [7, 11) is 0. The van der Waals surface area contributed by atoms with Crippen molar-refractivity contribution >= 4 is 23.7 Å². The third-order valence-corrected chi connectivity index (χ3v) is 8.52. The molecule has 0 radical (unpaired) electrons. The monoisotopic (exact) mass is 564 g/mol. The number of para-hydroxylation sites is 1. The zero-order chi connectivity index (χ0) is 29.2. The first-order valence-corrected chi connectivity index (χ1v) is 13.4. The van der Waals surface area contributed by atoms with E-state index < -0.39 is 41.4 Å². The molecule has 4 aliphatic heterocycles. The Labute approximate surface area is 235 Å². The minimum atomic E-state index is -2.58. The minimum Gasteiger partial charge on any atom is -0.492 e. The number of nitrogens with one attached hydrogen (secondary N) is 4. The van der Waals surface area contributed by atoms with E-state index in [1.807, 2.05) is 6.07 Å². The second-order valence-corrected chi connectivity index (χ2v) is 11.4. The molecule has 2 aromatic rings. The van der Waals surface area contributed by atoms with Crippen LogP contribution in [-0.4, -0.2) is 93.1 Å². The Morgan fingerprint density at radius 3 is 2.76 bits per heavy atom. The van der Waals surface area contributed by atoms with Gasteiger partial charge < -0.3 is 31.3 Å². The number of hydrogen-bond donors (Lipinski definition) is 8. The second kappa shape index (κ2) is 9.31. The van der Waals surface area contributed by atoms with Gasteiger partial charge >= 0.3 is 5.96 Å². The summed E-state index contributed by atoms with van der Waals surface area (Å²) in [6.45, 7) is 4.56. The number of ether oxygens (including phenoxy) is 1. The van der Waals surface area contributed by atoms with Crippen LogP contribution in [-0.2, 0) is 5.41 Å². The summed E-state index contributed by atoms with van der Waals surface area (Å²) in [5.41, 5.74) is 12.0. The fraction of sp³-hybridized carbons (Fsp3) is 0.444. The van der Waals surface area contributed by atoms with Crippen molar-refractivity contribution in [1.82, 2.24) is 25.8 Å². The maximum absolute atomic E-state index is 13.6. The van der Waals surface area contributed by atoms with Crippen molar-refractivity contribution in [2.75, 3.05) is 19.7 Å². The number of aliphatic hydroxyl groups is 2. The van der Waals surface area contributed by atoms with Gasteiger partial charge in [0.25, 0.3) is 17.5 Å². The SMILES string of the molecule is CC1(C)CCOc2c(C(=O)NC3CN4C(N)=N[C@@H](CNC(=O)c5ccccn5)[C@@H]5[NH+]=C(N)N[C@@]54C3(O)O)cccc21. The number of aliphatic imine (C=N–C) groups is 1. The van der Waals surface area contributed by atoms with Crippen LogP contribution in [0.25, 0.3) is 0 Å². The molecule has 4 aliphatic rings. The fourth-order valence-electron chi connectivity index (χ4n) is 6.31. The molecule has 14 nitrogen and oxygen atoms in total. The molecule has 1 aromatic heterocycles. The van der Waals surface area contributed by atoms with Crippen molar-refractivity contribution in [3.63, 3.8) is 0 Å². The summed E-state index contributed by atoms with van der Waals surface area (Å²) in [5, 5.41) is 32.0. The lowest BCUT2D eigenvalue weighted by molar-refractivity contribution is -0.521. The normalized spacial score (nSPS) is 28.6. The van der Waals surface area contributed by atoms with Crippen LogP contribution in [0.15, 0.2) is 47.6 Å². The third kappa shape index (κ3) is 4.04. The van der Waals surface area contributed by atoms with E-state index in [1.54, 1.807) is 30.3 Å². The van der Waals surface area contributed by atoms with Crippen molar-refractivity contribution in [2.45, 2.75) is 55.3 Å². The number of pyridine rings is 1. The van der Waals surface area contributed by atoms with E-state index in [-0.39, 0.29) is 36.1 Å². The molecule has 0 bridgehead atoms. The highest BCUT2D eigenvalue weighted by Gasteiger charge is 2.76. The molecular weight excluding hydrogens is 530 g/mol. The number of benzene rings is 1. The Morgan fingerprint density at radius 2 is 2.00 bits per heavy atom. The molecule has 2 amide bonds. The molecule has 6 rings (SSSR count). The van der Waals surface area contributed by atoms with E-state index in [2.05, 4.69) is 44.8 Å². The third-order valence-electron chi connectivity index (χ3n) is 8.52.